The number of fused-ring (bicyclic) bond motifs is 5. The van der Waals surface area contributed by atoms with Crippen molar-refractivity contribution in [3.8, 4) is 5.69 Å². The number of hydrogen-bond donors (Lipinski definition) is 0. The van der Waals surface area contributed by atoms with Crippen molar-refractivity contribution in [2.45, 2.75) is 0 Å². The Bertz CT molecular complexity index is 911. The van der Waals surface area contributed by atoms with Crippen LogP contribution in [0.15, 0.2) is 42.5 Å². The van der Waals surface area contributed by atoms with E-state index >= 15 is 0 Å². The molecule has 3 aromatic rings. The number of carbonyl (C=O) groups excluding carboxylic acids is 1. The number of ketones is 1. The summed E-state index contributed by atoms with van der Waals surface area (Å²) in [4.78, 5) is 22.8. The van der Waals surface area contributed by atoms with Crippen molar-refractivity contribution in [3.63, 3.8) is 0 Å². The second-order valence-corrected chi connectivity index (χ2v) is 4.57. The summed E-state index contributed by atoms with van der Waals surface area (Å²) in [6.45, 7) is 0. The van der Waals surface area contributed by atoms with Gasteiger partial charge in [0.15, 0.2) is 0 Å². The molecule has 0 saturated heterocycles. The van der Waals surface area contributed by atoms with Gasteiger partial charge < -0.3 is 0 Å². The van der Waals surface area contributed by atoms with Gasteiger partial charge in [-0.3, -0.25) is 14.9 Å². The molecule has 0 spiro atoms. The summed E-state index contributed by atoms with van der Waals surface area (Å²) in [6, 6.07) is 11.6. The molecule has 0 amide bonds. The fourth-order valence-electron chi connectivity index (χ4n) is 2.56. The van der Waals surface area contributed by atoms with E-state index in [9.17, 15) is 14.9 Å². The van der Waals surface area contributed by atoms with Gasteiger partial charge in [-0.2, -0.15) is 5.10 Å². The summed E-state index contributed by atoms with van der Waals surface area (Å²) in [5.41, 5.74) is 2.03. The van der Waals surface area contributed by atoms with Crippen molar-refractivity contribution in [1.29, 1.82) is 0 Å². The van der Waals surface area contributed by atoms with E-state index in [4.69, 9.17) is 0 Å². The molecule has 4 rings (SSSR count). The number of nitro groups is 1. The molecule has 0 atom stereocenters. The molecule has 2 aromatic carbocycles. The molecule has 0 bridgehead atoms. The number of nitro benzene ring substituents is 1. The normalized spacial score (nSPS) is 12.5. The first-order chi connectivity index (χ1) is 9.66. The minimum absolute atomic E-state index is 0.0906. The lowest BCUT2D eigenvalue weighted by Gasteiger charge is -1.98. The third-order valence-corrected chi connectivity index (χ3v) is 3.46. The average Bonchev–Trinajstić information content (AvgIpc) is 2.95. The second-order valence-electron chi connectivity index (χ2n) is 4.57. The summed E-state index contributed by atoms with van der Waals surface area (Å²) in [5, 5.41) is 15.9. The topological polar surface area (TPSA) is 78.0 Å². The van der Waals surface area contributed by atoms with Crippen LogP contribution in [0.25, 0.3) is 16.6 Å². The van der Waals surface area contributed by atoms with Gasteiger partial charge in [-0.25, -0.2) is 4.68 Å². The van der Waals surface area contributed by atoms with Gasteiger partial charge in [0, 0.05) is 17.5 Å². The van der Waals surface area contributed by atoms with Crippen molar-refractivity contribution in [3.05, 3.63) is 63.8 Å². The van der Waals surface area contributed by atoms with Crippen molar-refractivity contribution < 1.29 is 9.72 Å². The molecule has 96 valence electrons. The average molecular weight is 265 g/mol. The van der Waals surface area contributed by atoms with E-state index < -0.39 is 4.92 Å². The molecular weight excluding hydrogens is 258 g/mol. The van der Waals surface area contributed by atoms with E-state index in [1.165, 1.54) is 12.1 Å². The van der Waals surface area contributed by atoms with Gasteiger partial charge in [0.1, 0.15) is 5.69 Å². The Morgan fingerprint density at radius 1 is 1.15 bits per heavy atom. The van der Waals surface area contributed by atoms with Gasteiger partial charge in [-0.1, -0.05) is 18.2 Å². The molecule has 0 unspecified atom stereocenters. The van der Waals surface area contributed by atoms with Crippen molar-refractivity contribution >= 4 is 22.4 Å². The van der Waals surface area contributed by atoms with Crippen LogP contribution in [-0.4, -0.2) is 20.5 Å². The zero-order valence-corrected chi connectivity index (χ0v) is 10.1. The van der Waals surface area contributed by atoms with Crippen molar-refractivity contribution in [2.24, 2.45) is 0 Å². The first kappa shape index (κ1) is 10.9. The molecule has 6 heteroatoms. The van der Waals surface area contributed by atoms with Crippen LogP contribution in [0.2, 0.25) is 0 Å². The molecule has 6 nitrogen and oxygen atoms in total. The van der Waals surface area contributed by atoms with Crippen LogP contribution >= 0.6 is 0 Å². The van der Waals surface area contributed by atoms with E-state index in [1.807, 2.05) is 24.3 Å². The Morgan fingerprint density at radius 3 is 2.75 bits per heavy atom. The Kier molecular flexibility index (Phi) is 1.90. The fraction of sp³-hybridized carbons (Fsp3) is 0. The Balaban J connectivity index is 2.04. The van der Waals surface area contributed by atoms with E-state index in [2.05, 4.69) is 5.10 Å². The summed E-state index contributed by atoms with van der Waals surface area (Å²) in [6.07, 6.45) is 0. The van der Waals surface area contributed by atoms with Crippen LogP contribution in [0.5, 0.6) is 0 Å². The number of nitrogens with zero attached hydrogens (tertiary/aromatic N) is 3. The smallest absolute Gasteiger partial charge is 0.270 e. The van der Waals surface area contributed by atoms with E-state index in [1.54, 1.807) is 10.7 Å². The van der Waals surface area contributed by atoms with Crippen LogP contribution in [0.4, 0.5) is 5.69 Å². The standard InChI is InChI=1S/C14H7N3O3/c18-14-10-7-8(17(19)20)5-6-12(10)16-13(14)9-3-1-2-4-11(9)15-16/h1-7H. The van der Waals surface area contributed by atoms with Crippen LogP contribution in [0, 0.1) is 10.1 Å². The molecule has 0 fully saturated rings. The summed E-state index contributed by atoms with van der Waals surface area (Å²) < 4.78 is 1.56. The van der Waals surface area contributed by atoms with Crippen LogP contribution < -0.4 is 0 Å². The minimum Gasteiger partial charge on any atom is -0.287 e. The molecular formula is C14H7N3O3. The van der Waals surface area contributed by atoms with Gasteiger partial charge in [0.2, 0.25) is 5.78 Å². The van der Waals surface area contributed by atoms with Gasteiger partial charge in [-0.15, -0.1) is 0 Å². The number of rotatable bonds is 1. The van der Waals surface area contributed by atoms with E-state index in [0.717, 1.165) is 10.9 Å². The molecule has 0 aliphatic carbocycles. The third-order valence-electron chi connectivity index (χ3n) is 3.46. The van der Waals surface area contributed by atoms with Crippen molar-refractivity contribution in [1.82, 2.24) is 9.78 Å². The maximum Gasteiger partial charge on any atom is 0.270 e. The number of benzene rings is 2. The Hall–Kier alpha value is -3.02. The van der Waals surface area contributed by atoms with Gasteiger partial charge in [-0.05, 0) is 12.1 Å². The molecule has 20 heavy (non-hydrogen) atoms. The maximum absolute atomic E-state index is 12.5. The summed E-state index contributed by atoms with van der Waals surface area (Å²) >= 11 is 0. The zero-order chi connectivity index (χ0) is 13.9. The van der Waals surface area contributed by atoms with E-state index in [-0.39, 0.29) is 11.5 Å². The molecule has 1 aromatic heterocycles. The molecule has 1 aliphatic rings. The van der Waals surface area contributed by atoms with Gasteiger partial charge >= 0.3 is 0 Å². The van der Waals surface area contributed by atoms with Gasteiger partial charge in [0.05, 0.1) is 21.7 Å². The largest absolute Gasteiger partial charge is 0.287 e. The highest BCUT2D eigenvalue weighted by Gasteiger charge is 2.31. The first-order valence-electron chi connectivity index (χ1n) is 5.98. The summed E-state index contributed by atoms with van der Waals surface area (Å²) in [7, 11) is 0. The lowest BCUT2D eigenvalue weighted by atomic mass is 10.1. The highest BCUT2D eigenvalue weighted by atomic mass is 16.6. The molecule has 0 N–H and O–H groups in total. The predicted octanol–water partition coefficient (Wildman–Crippen LogP) is 2.48. The Morgan fingerprint density at radius 2 is 1.95 bits per heavy atom. The minimum atomic E-state index is -0.507. The first-order valence-corrected chi connectivity index (χ1v) is 5.98. The fourth-order valence-corrected chi connectivity index (χ4v) is 2.56. The van der Waals surface area contributed by atoms with Crippen LogP contribution in [-0.2, 0) is 0 Å². The Labute approximate surface area is 112 Å². The highest BCUT2D eigenvalue weighted by molar-refractivity contribution is 6.20. The predicted molar refractivity (Wildman–Crippen MR) is 71.2 cm³/mol. The lowest BCUT2D eigenvalue weighted by molar-refractivity contribution is -0.384. The second kappa shape index (κ2) is 3.51. The number of aromatic nitrogens is 2. The monoisotopic (exact) mass is 265 g/mol. The van der Waals surface area contributed by atoms with Gasteiger partial charge in [0.25, 0.3) is 5.69 Å². The zero-order valence-electron chi connectivity index (χ0n) is 10.1. The van der Waals surface area contributed by atoms with Crippen LogP contribution in [0.3, 0.4) is 0 Å². The van der Waals surface area contributed by atoms with Crippen LogP contribution in [0.1, 0.15) is 16.1 Å². The summed E-state index contributed by atoms with van der Waals surface area (Å²) in [5.74, 6) is -0.225. The highest BCUT2D eigenvalue weighted by Crippen LogP contribution is 2.34. The SMILES string of the molecule is O=C1c2cc([N+](=O)[O-])ccc2-n2nc3ccccc3c21. The molecule has 2 heterocycles. The van der Waals surface area contributed by atoms with Crippen molar-refractivity contribution in [2.75, 3.05) is 0 Å². The quantitative estimate of drug-likeness (QED) is 0.391. The number of non-ortho nitro benzene ring substituents is 1. The maximum atomic E-state index is 12.5. The number of carbonyl (C=O) groups is 1. The van der Waals surface area contributed by atoms with E-state index in [0.29, 0.717) is 16.9 Å². The molecule has 0 saturated carbocycles. The molecule has 0 radical (unpaired) electrons. The third kappa shape index (κ3) is 1.22. The lowest BCUT2D eigenvalue weighted by Crippen LogP contribution is -1.97. The molecule has 1 aliphatic heterocycles. The number of hydrogen-bond acceptors (Lipinski definition) is 4.